The molecule has 0 saturated heterocycles. The molecule has 19 heavy (non-hydrogen) atoms. The fraction of sp³-hybridized carbons (Fsp3) is 0.429. The minimum Gasteiger partial charge on any atom is -0.389 e. The maximum Gasteiger partial charge on any atom is 0.228 e. The lowest BCUT2D eigenvalue weighted by molar-refractivity contribution is -0.118. The molecular formula is C14H15ClN2OS. The van der Waals surface area contributed by atoms with Crippen molar-refractivity contribution in [3.63, 3.8) is 0 Å². The normalized spacial score (nSPS) is 27.7. The third-order valence-corrected chi connectivity index (χ3v) is 4.67. The summed E-state index contributed by atoms with van der Waals surface area (Å²) in [5.41, 5.74) is 6.95. The smallest absolute Gasteiger partial charge is 0.228 e. The number of anilines is 1. The number of rotatable bonds is 3. The van der Waals surface area contributed by atoms with E-state index in [1.165, 1.54) is 19.3 Å². The Morgan fingerprint density at radius 2 is 2.05 bits per heavy atom. The molecule has 2 fully saturated rings. The summed E-state index contributed by atoms with van der Waals surface area (Å²) in [6.45, 7) is 0. The third-order valence-electron chi connectivity index (χ3n) is 4.21. The van der Waals surface area contributed by atoms with Gasteiger partial charge >= 0.3 is 0 Å². The molecule has 3 rings (SSSR count). The number of hydrogen-bond acceptors (Lipinski definition) is 2. The van der Waals surface area contributed by atoms with Gasteiger partial charge in [0.1, 0.15) is 4.99 Å². The number of fused-ring (bicyclic) bond motifs is 1. The Labute approximate surface area is 122 Å². The van der Waals surface area contributed by atoms with E-state index in [1.807, 2.05) is 0 Å². The Morgan fingerprint density at radius 3 is 2.68 bits per heavy atom. The zero-order valence-corrected chi connectivity index (χ0v) is 11.9. The highest BCUT2D eigenvalue weighted by Gasteiger charge is 2.56. The molecule has 1 aromatic rings. The number of hydrogen-bond donors (Lipinski definition) is 2. The highest BCUT2D eigenvalue weighted by Crippen LogP contribution is 2.57. The van der Waals surface area contributed by atoms with Gasteiger partial charge in [0.15, 0.2) is 0 Å². The van der Waals surface area contributed by atoms with Crippen molar-refractivity contribution < 1.29 is 4.79 Å². The number of carbonyl (C=O) groups is 1. The quantitative estimate of drug-likeness (QED) is 0.843. The second-order valence-corrected chi connectivity index (χ2v) is 6.20. The van der Waals surface area contributed by atoms with Gasteiger partial charge in [-0.25, -0.2) is 0 Å². The zero-order chi connectivity index (χ0) is 13.6. The van der Waals surface area contributed by atoms with E-state index in [0.29, 0.717) is 28.1 Å². The minimum atomic E-state index is 0.0782. The Balaban J connectivity index is 1.77. The Morgan fingerprint density at radius 1 is 1.37 bits per heavy atom. The van der Waals surface area contributed by atoms with Crippen LogP contribution in [0.5, 0.6) is 0 Å². The molecule has 2 aliphatic rings. The Kier molecular flexibility index (Phi) is 3.23. The summed E-state index contributed by atoms with van der Waals surface area (Å²) in [5, 5.41) is 3.49. The SMILES string of the molecule is NC(=S)c1ccc(Cl)cc1NC(=O)C1C2CCCC21. The molecule has 0 bridgehead atoms. The van der Waals surface area contributed by atoms with Crippen LogP contribution in [0.1, 0.15) is 24.8 Å². The predicted molar refractivity (Wildman–Crippen MR) is 80.3 cm³/mol. The van der Waals surface area contributed by atoms with E-state index >= 15 is 0 Å². The second kappa shape index (κ2) is 4.76. The first-order valence-corrected chi connectivity index (χ1v) is 7.27. The molecule has 0 heterocycles. The first kappa shape index (κ1) is 12.9. The van der Waals surface area contributed by atoms with Crippen LogP contribution in [-0.2, 0) is 4.79 Å². The summed E-state index contributed by atoms with van der Waals surface area (Å²) in [7, 11) is 0. The first-order valence-electron chi connectivity index (χ1n) is 6.48. The number of nitrogens with two attached hydrogens (primary N) is 1. The largest absolute Gasteiger partial charge is 0.389 e. The molecule has 0 spiro atoms. The second-order valence-electron chi connectivity index (χ2n) is 5.33. The van der Waals surface area contributed by atoms with Crippen LogP contribution in [0.4, 0.5) is 5.69 Å². The Bertz CT molecular complexity index is 550. The van der Waals surface area contributed by atoms with Crippen LogP contribution >= 0.6 is 23.8 Å². The van der Waals surface area contributed by atoms with Crippen LogP contribution in [0, 0.1) is 17.8 Å². The summed E-state index contributed by atoms with van der Waals surface area (Å²) in [6.07, 6.45) is 3.62. The number of nitrogens with one attached hydrogen (secondary N) is 1. The molecule has 3 N–H and O–H groups in total. The fourth-order valence-corrected chi connectivity index (χ4v) is 3.61. The molecule has 3 nitrogen and oxygen atoms in total. The van der Waals surface area contributed by atoms with Crippen LogP contribution in [0.25, 0.3) is 0 Å². The van der Waals surface area contributed by atoms with Crippen molar-refractivity contribution in [1.29, 1.82) is 0 Å². The van der Waals surface area contributed by atoms with Gasteiger partial charge in [-0.15, -0.1) is 0 Å². The van der Waals surface area contributed by atoms with E-state index in [1.54, 1.807) is 18.2 Å². The Hall–Kier alpha value is -1.13. The third kappa shape index (κ3) is 2.35. The van der Waals surface area contributed by atoms with Crippen molar-refractivity contribution in [3.8, 4) is 0 Å². The molecule has 0 aromatic heterocycles. The van der Waals surface area contributed by atoms with Crippen molar-refractivity contribution in [3.05, 3.63) is 28.8 Å². The van der Waals surface area contributed by atoms with Crippen molar-refractivity contribution in [2.75, 3.05) is 5.32 Å². The van der Waals surface area contributed by atoms with Crippen molar-refractivity contribution in [2.45, 2.75) is 19.3 Å². The lowest BCUT2D eigenvalue weighted by Gasteiger charge is -2.11. The van der Waals surface area contributed by atoms with Gasteiger partial charge in [0.2, 0.25) is 5.91 Å². The molecule has 1 amide bonds. The van der Waals surface area contributed by atoms with Crippen molar-refractivity contribution in [1.82, 2.24) is 0 Å². The van der Waals surface area contributed by atoms with Crippen LogP contribution in [-0.4, -0.2) is 10.9 Å². The predicted octanol–water partition coefficient (Wildman–Crippen LogP) is 2.96. The van der Waals surface area contributed by atoms with Crippen molar-refractivity contribution in [2.24, 2.45) is 23.5 Å². The molecule has 0 aliphatic heterocycles. The van der Waals surface area contributed by atoms with Gasteiger partial charge < -0.3 is 11.1 Å². The van der Waals surface area contributed by atoms with Crippen LogP contribution in [0.15, 0.2) is 18.2 Å². The zero-order valence-electron chi connectivity index (χ0n) is 10.4. The van der Waals surface area contributed by atoms with Gasteiger partial charge in [-0.05, 0) is 42.9 Å². The van der Waals surface area contributed by atoms with Gasteiger partial charge in [-0.1, -0.05) is 30.2 Å². The number of benzene rings is 1. The van der Waals surface area contributed by atoms with Crippen LogP contribution in [0.3, 0.4) is 0 Å². The average molecular weight is 295 g/mol. The molecule has 5 heteroatoms. The number of amides is 1. The lowest BCUT2D eigenvalue weighted by Crippen LogP contribution is -2.20. The molecule has 2 atom stereocenters. The standard InChI is InChI=1S/C14H15ClN2OS/c15-7-4-5-10(13(16)19)11(6-7)17-14(18)12-8-2-1-3-9(8)12/h4-6,8-9,12H,1-3H2,(H2,16,19)(H,17,18). The van der Waals surface area contributed by atoms with Crippen LogP contribution in [0.2, 0.25) is 5.02 Å². The molecule has 1 aromatic carbocycles. The maximum absolute atomic E-state index is 12.2. The van der Waals surface area contributed by atoms with Crippen LogP contribution < -0.4 is 11.1 Å². The lowest BCUT2D eigenvalue weighted by atomic mass is 10.1. The van der Waals surface area contributed by atoms with E-state index in [-0.39, 0.29) is 16.8 Å². The van der Waals surface area contributed by atoms with Crippen molar-refractivity contribution >= 4 is 40.4 Å². The van der Waals surface area contributed by atoms with E-state index in [9.17, 15) is 4.79 Å². The maximum atomic E-state index is 12.2. The van der Waals surface area contributed by atoms with E-state index < -0.39 is 0 Å². The van der Waals surface area contributed by atoms with E-state index in [4.69, 9.17) is 29.6 Å². The summed E-state index contributed by atoms with van der Waals surface area (Å²) in [4.78, 5) is 12.5. The molecular weight excluding hydrogens is 280 g/mol. The average Bonchev–Trinajstić information content (AvgIpc) is 2.83. The minimum absolute atomic E-state index is 0.0782. The monoisotopic (exact) mass is 294 g/mol. The molecule has 0 radical (unpaired) electrons. The molecule has 2 aliphatic carbocycles. The summed E-state index contributed by atoms with van der Waals surface area (Å²) in [5.74, 6) is 1.43. The summed E-state index contributed by atoms with van der Waals surface area (Å²) < 4.78 is 0. The van der Waals surface area contributed by atoms with Gasteiger partial charge in [0.05, 0.1) is 5.69 Å². The molecule has 100 valence electrons. The van der Waals surface area contributed by atoms with Gasteiger partial charge in [-0.2, -0.15) is 0 Å². The first-order chi connectivity index (χ1) is 9.08. The van der Waals surface area contributed by atoms with E-state index in [0.717, 1.165) is 0 Å². The van der Waals surface area contributed by atoms with Gasteiger partial charge in [0.25, 0.3) is 0 Å². The number of halogens is 1. The highest BCUT2D eigenvalue weighted by molar-refractivity contribution is 7.80. The molecule has 2 saturated carbocycles. The summed E-state index contributed by atoms with van der Waals surface area (Å²) >= 11 is 11.0. The highest BCUT2D eigenvalue weighted by atomic mass is 35.5. The topological polar surface area (TPSA) is 55.1 Å². The van der Waals surface area contributed by atoms with Gasteiger partial charge in [0, 0.05) is 16.5 Å². The van der Waals surface area contributed by atoms with Gasteiger partial charge in [-0.3, -0.25) is 4.79 Å². The number of carbonyl (C=O) groups excluding carboxylic acids is 1. The fourth-order valence-electron chi connectivity index (χ4n) is 3.26. The molecule has 2 unspecified atom stereocenters. The summed E-state index contributed by atoms with van der Waals surface area (Å²) in [6, 6.07) is 5.16. The van der Waals surface area contributed by atoms with E-state index in [2.05, 4.69) is 5.32 Å². The number of thiocarbonyl (C=S) groups is 1.